The van der Waals surface area contributed by atoms with Gasteiger partial charge in [-0.2, -0.15) is 0 Å². The fourth-order valence-electron chi connectivity index (χ4n) is 3.56. The molecule has 8 nitrogen and oxygen atoms in total. The highest BCUT2D eigenvalue weighted by molar-refractivity contribution is 5.95. The summed E-state index contributed by atoms with van der Waals surface area (Å²) in [6.45, 7) is 9.97. The lowest BCUT2D eigenvalue weighted by Gasteiger charge is -2.39. The molecule has 178 valence electrons. The summed E-state index contributed by atoms with van der Waals surface area (Å²) >= 11 is 0. The Morgan fingerprint density at radius 1 is 1.06 bits per heavy atom. The van der Waals surface area contributed by atoms with Crippen molar-refractivity contribution in [1.82, 2.24) is 14.7 Å². The van der Waals surface area contributed by atoms with E-state index in [1.165, 1.54) is 0 Å². The van der Waals surface area contributed by atoms with Crippen LogP contribution in [0, 0.1) is 0 Å². The zero-order valence-electron chi connectivity index (χ0n) is 20.3. The van der Waals surface area contributed by atoms with Crippen LogP contribution in [0.3, 0.4) is 0 Å². The van der Waals surface area contributed by atoms with Crippen LogP contribution in [0.5, 0.6) is 0 Å². The number of carbonyl (C=O) groups excluding carboxylic acids is 3. The monoisotopic (exact) mass is 446 g/mol. The third kappa shape index (κ3) is 7.82. The molecule has 2 rings (SSSR count). The van der Waals surface area contributed by atoms with Crippen LogP contribution in [-0.4, -0.2) is 84.5 Å². The number of amides is 3. The summed E-state index contributed by atoms with van der Waals surface area (Å²) in [5.74, 6) is -0.00925. The SMILES string of the molecule is CCC[C@@H](C(=O)Nc1ccc(CC(=O)N(C)C)cc1)N1CCN(C(=O)OC(C)(C)C)CC1. The molecule has 3 amide bonds. The van der Waals surface area contributed by atoms with Crippen molar-refractivity contribution >= 4 is 23.6 Å². The average Bonchev–Trinajstić information content (AvgIpc) is 2.72. The van der Waals surface area contributed by atoms with Crippen LogP contribution in [-0.2, 0) is 20.7 Å². The van der Waals surface area contributed by atoms with E-state index in [0.29, 0.717) is 38.3 Å². The van der Waals surface area contributed by atoms with Gasteiger partial charge in [-0.25, -0.2) is 4.79 Å². The van der Waals surface area contributed by atoms with Crippen molar-refractivity contribution in [3.63, 3.8) is 0 Å². The van der Waals surface area contributed by atoms with E-state index < -0.39 is 5.60 Å². The normalized spacial score (nSPS) is 15.8. The van der Waals surface area contributed by atoms with E-state index >= 15 is 0 Å². The summed E-state index contributed by atoms with van der Waals surface area (Å²) in [7, 11) is 3.47. The standard InChI is InChI=1S/C24H38N4O4/c1-7-8-20(27-13-15-28(16-14-27)23(31)32-24(2,3)4)22(30)25-19-11-9-18(10-12-19)17-21(29)26(5)6/h9-12,20H,7-8,13-17H2,1-6H3,(H,25,30)/t20-/m0/s1. The van der Waals surface area contributed by atoms with Crippen molar-refractivity contribution in [2.75, 3.05) is 45.6 Å². The zero-order chi connectivity index (χ0) is 23.9. The fourth-order valence-corrected chi connectivity index (χ4v) is 3.56. The van der Waals surface area contributed by atoms with Gasteiger partial charge in [0.2, 0.25) is 11.8 Å². The van der Waals surface area contributed by atoms with Crippen molar-refractivity contribution < 1.29 is 19.1 Å². The summed E-state index contributed by atoms with van der Waals surface area (Å²) in [6.07, 6.45) is 1.66. The first-order valence-electron chi connectivity index (χ1n) is 11.3. The van der Waals surface area contributed by atoms with Gasteiger partial charge in [-0.15, -0.1) is 0 Å². The van der Waals surface area contributed by atoms with Gasteiger partial charge in [0.25, 0.3) is 0 Å². The predicted octanol–water partition coefficient (Wildman–Crippen LogP) is 2.98. The van der Waals surface area contributed by atoms with Crippen molar-refractivity contribution in [2.45, 2.75) is 58.6 Å². The van der Waals surface area contributed by atoms with Crippen molar-refractivity contribution in [1.29, 1.82) is 0 Å². The Balaban J connectivity index is 1.94. The van der Waals surface area contributed by atoms with Crippen LogP contribution in [0.15, 0.2) is 24.3 Å². The summed E-state index contributed by atoms with van der Waals surface area (Å²) in [5, 5.41) is 3.01. The molecule has 1 aromatic carbocycles. The third-order valence-corrected chi connectivity index (χ3v) is 5.35. The summed E-state index contributed by atoms with van der Waals surface area (Å²) in [4.78, 5) is 42.6. The minimum absolute atomic E-state index is 0.0373. The number of likely N-dealkylation sites (N-methyl/N-ethyl adjacent to an activating group) is 1. The van der Waals surface area contributed by atoms with Gasteiger partial charge in [0.05, 0.1) is 12.5 Å². The summed E-state index contributed by atoms with van der Waals surface area (Å²) in [5.41, 5.74) is 1.10. The minimum Gasteiger partial charge on any atom is -0.444 e. The average molecular weight is 447 g/mol. The number of hydrogen-bond donors (Lipinski definition) is 1. The van der Waals surface area contributed by atoms with E-state index in [1.54, 1.807) is 23.9 Å². The molecule has 0 unspecified atom stereocenters. The molecule has 0 saturated carbocycles. The highest BCUT2D eigenvalue weighted by atomic mass is 16.6. The summed E-state index contributed by atoms with van der Waals surface area (Å²) in [6, 6.07) is 7.15. The first-order valence-corrected chi connectivity index (χ1v) is 11.3. The van der Waals surface area contributed by atoms with Crippen LogP contribution in [0.1, 0.15) is 46.1 Å². The van der Waals surface area contributed by atoms with E-state index in [-0.39, 0.29) is 23.9 Å². The number of piperazine rings is 1. The Hall–Kier alpha value is -2.61. The van der Waals surface area contributed by atoms with Gasteiger partial charge >= 0.3 is 6.09 Å². The maximum Gasteiger partial charge on any atom is 0.410 e. The molecular formula is C24H38N4O4. The lowest BCUT2D eigenvalue weighted by molar-refractivity contribution is -0.128. The first kappa shape index (κ1) is 25.6. The molecule has 0 aliphatic carbocycles. The lowest BCUT2D eigenvalue weighted by atomic mass is 10.1. The smallest absolute Gasteiger partial charge is 0.410 e. The topological polar surface area (TPSA) is 82.2 Å². The number of benzene rings is 1. The van der Waals surface area contributed by atoms with Gasteiger partial charge in [0.15, 0.2) is 0 Å². The quantitative estimate of drug-likeness (QED) is 0.696. The van der Waals surface area contributed by atoms with Crippen molar-refractivity contribution in [2.24, 2.45) is 0 Å². The molecule has 1 heterocycles. The van der Waals surface area contributed by atoms with Crippen LogP contribution in [0.4, 0.5) is 10.5 Å². The van der Waals surface area contributed by atoms with Gasteiger partial charge in [-0.3, -0.25) is 14.5 Å². The molecule has 0 aromatic heterocycles. The van der Waals surface area contributed by atoms with E-state index in [9.17, 15) is 14.4 Å². The van der Waals surface area contributed by atoms with Crippen LogP contribution in [0.25, 0.3) is 0 Å². The van der Waals surface area contributed by atoms with Gasteiger partial charge in [0.1, 0.15) is 5.60 Å². The molecule has 1 saturated heterocycles. The van der Waals surface area contributed by atoms with Gasteiger partial charge in [-0.1, -0.05) is 25.5 Å². The minimum atomic E-state index is -0.520. The van der Waals surface area contributed by atoms with E-state index in [1.807, 2.05) is 45.0 Å². The molecule has 32 heavy (non-hydrogen) atoms. The molecular weight excluding hydrogens is 408 g/mol. The van der Waals surface area contributed by atoms with Crippen LogP contribution < -0.4 is 5.32 Å². The maximum absolute atomic E-state index is 13.0. The van der Waals surface area contributed by atoms with Crippen LogP contribution >= 0.6 is 0 Å². The summed E-state index contributed by atoms with van der Waals surface area (Å²) < 4.78 is 5.46. The number of rotatable bonds is 7. The molecule has 0 radical (unpaired) electrons. The Morgan fingerprint density at radius 3 is 2.16 bits per heavy atom. The van der Waals surface area contributed by atoms with E-state index in [4.69, 9.17) is 4.74 Å². The second-order valence-electron chi connectivity index (χ2n) is 9.46. The molecule has 0 bridgehead atoms. The third-order valence-electron chi connectivity index (χ3n) is 5.35. The Kier molecular flexibility index (Phi) is 9.07. The highest BCUT2D eigenvalue weighted by Gasteiger charge is 2.31. The fraction of sp³-hybridized carbons (Fsp3) is 0.625. The Bertz CT molecular complexity index is 778. The Labute approximate surface area is 191 Å². The predicted molar refractivity (Wildman–Crippen MR) is 126 cm³/mol. The molecule has 8 heteroatoms. The molecule has 1 N–H and O–H groups in total. The number of ether oxygens (including phenoxy) is 1. The number of nitrogens with zero attached hydrogens (tertiary/aromatic N) is 3. The maximum atomic E-state index is 13.0. The first-order chi connectivity index (χ1) is 15.0. The van der Waals surface area contributed by atoms with Gasteiger partial charge < -0.3 is 19.9 Å². The molecule has 1 fully saturated rings. The molecule has 1 atom stereocenters. The lowest BCUT2D eigenvalue weighted by Crippen LogP contribution is -2.55. The highest BCUT2D eigenvalue weighted by Crippen LogP contribution is 2.17. The van der Waals surface area contributed by atoms with Crippen molar-refractivity contribution in [3.05, 3.63) is 29.8 Å². The van der Waals surface area contributed by atoms with Crippen molar-refractivity contribution in [3.8, 4) is 0 Å². The number of carbonyl (C=O) groups is 3. The molecule has 1 aromatic rings. The number of anilines is 1. The molecule has 0 spiro atoms. The largest absolute Gasteiger partial charge is 0.444 e. The number of nitrogens with one attached hydrogen (secondary N) is 1. The molecule has 1 aliphatic rings. The van der Waals surface area contributed by atoms with E-state index in [2.05, 4.69) is 17.1 Å². The second-order valence-corrected chi connectivity index (χ2v) is 9.46. The molecule has 1 aliphatic heterocycles. The Morgan fingerprint density at radius 2 is 1.66 bits per heavy atom. The van der Waals surface area contributed by atoms with Gasteiger partial charge in [0, 0.05) is 46.0 Å². The van der Waals surface area contributed by atoms with Gasteiger partial charge in [-0.05, 0) is 44.9 Å². The number of hydrogen-bond acceptors (Lipinski definition) is 5. The second kappa shape index (κ2) is 11.3. The zero-order valence-corrected chi connectivity index (χ0v) is 20.3. The van der Waals surface area contributed by atoms with Crippen LogP contribution in [0.2, 0.25) is 0 Å². The van der Waals surface area contributed by atoms with E-state index in [0.717, 1.165) is 18.4 Å².